The fourth-order valence-electron chi connectivity index (χ4n) is 4.04. The number of Topliss-reactive ketones (excluding diaryl/α,β-unsaturated/α-hetero) is 1. The second kappa shape index (κ2) is 8.47. The largest absolute Gasteiger partial charge is 0.388 e. The van der Waals surface area contributed by atoms with Crippen molar-refractivity contribution in [2.24, 2.45) is 5.92 Å². The van der Waals surface area contributed by atoms with Gasteiger partial charge in [-0.25, -0.2) is 9.97 Å². The van der Waals surface area contributed by atoms with Crippen molar-refractivity contribution in [1.29, 1.82) is 0 Å². The molecule has 6 heteroatoms. The van der Waals surface area contributed by atoms with Gasteiger partial charge >= 0.3 is 0 Å². The number of hydrogen-bond donors (Lipinski definition) is 3. The zero-order valence-electron chi connectivity index (χ0n) is 18.7. The van der Waals surface area contributed by atoms with Crippen LogP contribution in [0.25, 0.3) is 0 Å². The number of carbonyl (C=O) groups excluding carboxylic acids is 1. The third-order valence-corrected chi connectivity index (χ3v) is 5.72. The summed E-state index contributed by atoms with van der Waals surface area (Å²) in [5.74, 6) is 0.763. The Morgan fingerprint density at radius 1 is 1.00 bits per heavy atom. The molecule has 2 heterocycles. The Hall–Kier alpha value is -3.25. The summed E-state index contributed by atoms with van der Waals surface area (Å²) in [5, 5.41) is 9.93. The van der Waals surface area contributed by atoms with Crippen LogP contribution in [0.15, 0.2) is 48.7 Å². The van der Waals surface area contributed by atoms with Gasteiger partial charge < -0.3 is 10.6 Å². The number of hydrogen-bond acceptors (Lipinski definition) is 6. The zero-order chi connectivity index (χ0) is 22.1. The smallest absolute Gasteiger partial charge is 0.227 e. The van der Waals surface area contributed by atoms with Crippen molar-refractivity contribution in [2.75, 3.05) is 17.7 Å². The van der Waals surface area contributed by atoms with E-state index in [9.17, 15) is 4.79 Å². The predicted molar refractivity (Wildman–Crippen MR) is 125 cm³/mol. The monoisotopic (exact) mass is 415 g/mol. The molecule has 3 N–H and O–H groups in total. The number of nitrogens with one attached hydrogen (secondary N) is 3. The number of rotatable bonds is 7. The summed E-state index contributed by atoms with van der Waals surface area (Å²) in [5.41, 5.74) is 7.27. The van der Waals surface area contributed by atoms with E-state index in [4.69, 9.17) is 4.98 Å². The van der Waals surface area contributed by atoms with E-state index in [1.807, 2.05) is 63.4 Å². The van der Waals surface area contributed by atoms with E-state index in [-0.39, 0.29) is 23.8 Å². The van der Waals surface area contributed by atoms with Crippen molar-refractivity contribution in [3.05, 3.63) is 76.6 Å². The van der Waals surface area contributed by atoms with Crippen LogP contribution >= 0.6 is 0 Å². The van der Waals surface area contributed by atoms with Crippen molar-refractivity contribution in [1.82, 2.24) is 15.3 Å². The molecular formula is C25H29N5O. The van der Waals surface area contributed by atoms with E-state index >= 15 is 0 Å². The Labute approximate surface area is 183 Å². The van der Waals surface area contributed by atoms with Gasteiger partial charge in [-0.2, -0.15) is 0 Å². The molecule has 31 heavy (non-hydrogen) atoms. The van der Waals surface area contributed by atoms with Crippen molar-refractivity contribution >= 4 is 23.1 Å². The van der Waals surface area contributed by atoms with Crippen LogP contribution in [0.1, 0.15) is 58.7 Å². The first-order chi connectivity index (χ1) is 14.9. The summed E-state index contributed by atoms with van der Waals surface area (Å²) in [6.45, 7) is 8.04. The van der Waals surface area contributed by atoms with Crippen molar-refractivity contribution in [2.45, 2.75) is 39.8 Å². The standard InChI is InChI=1S/C25H29N5O/c1-14(2)24(31)17-12-15(3)21(16(4)13-17)23-22(30-23)20-10-11-27-25(29-20)28-19-8-6-18(26-5)7-9-19/h6-14,22-23,26,30H,1-5H3,(H,27,28,29)/t22-,23?/m1/s1. The first kappa shape index (κ1) is 21.0. The molecule has 2 aromatic carbocycles. The molecule has 1 saturated heterocycles. The molecule has 4 rings (SSSR count). The molecule has 1 aromatic heterocycles. The van der Waals surface area contributed by atoms with Crippen LogP contribution in [0.4, 0.5) is 17.3 Å². The fraction of sp³-hybridized carbons (Fsp3) is 0.320. The van der Waals surface area contributed by atoms with Gasteiger partial charge in [0.2, 0.25) is 5.95 Å². The highest BCUT2D eigenvalue weighted by atomic mass is 16.1. The summed E-state index contributed by atoms with van der Waals surface area (Å²) in [7, 11) is 1.90. The molecule has 0 saturated carbocycles. The fourth-order valence-corrected chi connectivity index (χ4v) is 4.04. The van der Waals surface area contributed by atoms with Gasteiger partial charge in [0.1, 0.15) is 0 Å². The minimum atomic E-state index is -0.00201. The number of anilines is 3. The van der Waals surface area contributed by atoms with E-state index in [1.165, 1.54) is 5.56 Å². The molecule has 1 aliphatic rings. The summed E-state index contributed by atoms with van der Waals surface area (Å²) in [6, 6.07) is 14.3. The predicted octanol–water partition coefficient (Wildman–Crippen LogP) is 5.10. The molecule has 0 spiro atoms. The molecule has 0 radical (unpaired) electrons. The summed E-state index contributed by atoms with van der Waals surface area (Å²) in [4.78, 5) is 21.5. The zero-order valence-corrected chi connectivity index (χ0v) is 18.7. The van der Waals surface area contributed by atoms with Crippen LogP contribution in [0.3, 0.4) is 0 Å². The van der Waals surface area contributed by atoms with Gasteiger partial charge in [-0.05, 0) is 73.0 Å². The van der Waals surface area contributed by atoms with Crippen LogP contribution in [-0.4, -0.2) is 22.8 Å². The van der Waals surface area contributed by atoms with Crippen molar-refractivity contribution < 1.29 is 4.79 Å². The maximum atomic E-state index is 12.4. The third-order valence-electron chi connectivity index (χ3n) is 5.72. The quantitative estimate of drug-likeness (QED) is 0.367. The molecule has 0 bridgehead atoms. The topological polar surface area (TPSA) is 88.9 Å². The van der Waals surface area contributed by atoms with Crippen molar-refractivity contribution in [3.8, 4) is 0 Å². The number of aromatic nitrogens is 2. The van der Waals surface area contributed by atoms with Gasteiger partial charge in [0.25, 0.3) is 0 Å². The first-order valence-electron chi connectivity index (χ1n) is 10.7. The Bertz CT molecular complexity index is 1080. The summed E-state index contributed by atoms with van der Waals surface area (Å²) in [6.07, 6.45) is 1.79. The van der Waals surface area contributed by atoms with Crippen molar-refractivity contribution in [3.63, 3.8) is 0 Å². The second-order valence-electron chi connectivity index (χ2n) is 8.42. The SMILES string of the molecule is CNc1ccc(Nc2nccc([C@H]3NC3c3c(C)cc(C(=O)C(C)C)cc3C)n2)cc1. The molecule has 1 unspecified atom stereocenters. The maximum absolute atomic E-state index is 12.4. The number of aryl methyl sites for hydroxylation is 2. The van der Waals surface area contributed by atoms with Gasteiger partial charge in [-0.1, -0.05) is 13.8 Å². The van der Waals surface area contributed by atoms with Gasteiger partial charge in [-0.15, -0.1) is 0 Å². The lowest BCUT2D eigenvalue weighted by atomic mass is 9.91. The maximum Gasteiger partial charge on any atom is 0.227 e. The van der Waals surface area contributed by atoms with E-state index in [0.29, 0.717) is 5.95 Å². The van der Waals surface area contributed by atoms with Gasteiger partial charge in [0, 0.05) is 36.1 Å². The Kier molecular flexibility index (Phi) is 5.74. The van der Waals surface area contributed by atoms with E-state index in [1.54, 1.807) is 6.20 Å². The molecule has 160 valence electrons. The highest BCUT2D eigenvalue weighted by molar-refractivity contribution is 5.97. The van der Waals surface area contributed by atoms with Crippen LogP contribution in [0, 0.1) is 19.8 Å². The lowest BCUT2D eigenvalue weighted by Gasteiger charge is -2.13. The van der Waals surface area contributed by atoms with E-state index in [2.05, 4.69) is 34.8 Å². The van der Waals surface area contributed by atoms with E-state index < -0.39 is 0 Å². The van der Waals surface area contributed by atoms with Gasteiger partial charge in [0.15, 0.2) is 5.78 Å². The lowest BCUT2D eigenvalue weighted by Crippen LogP contribution is -2.09. The molecule has 6 nitrogen and oxygen atoms in total. The number of carbonyl (C=O) groups is 1. The Balaban J connectivity index is 1.51. The van der Waals surface area contributed by atoms with Gasteiger partial charge in [0.05, 0.1) is 17.8 Å². The van der Waals surface area contributed by atoms with Crippen LogP contribution in [0.2, 0.25) is 0 Å². The summed E-state index contributed by atoms with van der Waals surface area (Å²) < 4.78 is 0. The Morgan fingerprint density at radius 2 is 1.65 bits per heavy atom. The first-order valence-corrected chi connectivity index (χ1v) is 10.7. The van der Waals surface area contributed by atoms with Crippen LogP contribution in [0.5, 0.6) is 0 Å². The number of ketones is 1. The molecule has 2 atom stereocenters. The molecule has 0 amide bonds. The lowest BCUT2D eigenvalue weighted by molar-refractivity contribution is 0.0939. The number of nitrogens with zero attached hydrogens (tertiary/aromatic N) is 2. The molecular weight excluding hydrogens is 386 g/mol. The average molecular weight is 416 g/mol. The van der Waals surface area contributed by atoms with Crippen LogP contribution in [-0.2, 0) is 0 Å². The number of benzene rings is 2. The van der Waals surface area contributed by atoms with E-state index in [0.717, 1.165) is 33.8 Å². The summed E-state index contributed by atoms with van der Waals surface area (Å²) >= 11 is 0. The normalized spacial score (nSPS) is 17.5. The third kappa shape index (κ3) is 4.44. The molecule has 1 aliphatic heterocycles. The van der Waals surface area contributed by atoms with Crippen LogP contribution < -0.4 is 16.0 Å². The van der Waals surface area contributed by atoms with Gasteiger partial charge in [-0.3, -0.25) is 10.1 Å². The molecule has 1 fully saturated rings. The minimum absolute atomic E-state index is 0.00201. The average Bonchev–Trinajstić information content (AvgIpc) is 3.53. The minimum Gasteiger partial charge on any atom is -0.388 e. The highest BCUT2D eigenvalue weighted by Gasteiger charge is 2.41. The second-order valence-corrected chi connectivity index (χ2v) is 8.42. The molecule has 3 aromatic rings. The Morgan fingerprint density at radius 3 is 2.26 bits per heavy atom. The highest BCUT2D eigenvalue weighted by Crippen LogP contribution is 2.44. The molecule has 0 aliphatic carbocycles.